The van der Waals surface area contributed by atoms with Crippen LogP contribution in [0.3, 0.4) is 0 Å². The molecule has 110 valence electrons. The molecule has 0 radical (unpaired) electrons. The van der Waals surface area contributed by atoms with E-state index in [0.717, 1.165) is 38.6 Å². The van der Waals surface area contributed by atoms with Crippen molar-refractivity contribution in [1.29, 1.82) is 0 Å². The minimum Gasteiger partial charge on any atom is -0.480 e. The number of hydrogen-bond acceptors (Lipinski definition) is 3. The molecular formula is C15H28N2O2. The van der Waals surface area contributed by atoms with E-state index in [9.17, 15) is 9.90 Å². The van der Waals surface area contributed by atoms with E-state index >= 15 is 0 Å². The van der Waals surface area contributed by atoms with Crippen LogP contribution in [0.25, 0.3) is 0 Å². The van der Waals surface area contributed by atoms with Crippen LogP contribution in [0.1, 0.15) is 58.3 Å². The number of nitrogens with one attached hydrogen (secondary N) is 1. The number of rotatable bonds is 8. The van der Waals surface area contributed by atoms with Crippen LogP contribution in [-0.4, -0.2) is 47.2 Å². The van der Waals surface area contributed by atoms with Gasteiger partial charge in [-0.2, -0.15) is 0 Å². The quantitative estimate of drug-likeness (QED) is 0.663. The summed E-state index contributed by atoms with van der Waals surface area (Å²) in [5.74, 6) is -0.697. The molecule has 1 saturated heterocycles. The normalized spacial score (nSPS) is 24.1. The number of carboxylic acids is 1. The van der Waals surface area contributed by atoms with Crippen LogP contribution < -0.4 is 5.32 Å². The highest BCUT2D eigenvalue weighted by Gasteiger charge is 2.37. The van der Waals surface area contributed by atoms with Gasteiger partial charge in [-0.15, -0.1) is 0 Å². The Hall–Kier alpha value is -0.610. The molecule has 0 amide bonds. The van der Waals surface area contributed by atoms with E-state index in [1.165, 1.54) is 32.4 Å². The molecule has 0 bridgehead atoms. The second-order valence-electron chi connectivity index (χ2n) is 6.42. The molecule has 2 aliphatic rings. The van der Waals surface area contributed by atoms with Crippen LogP contribution in [0.5, 0.6) is 0 Å². The van der Waals surface area contributed by atoms with Crippen molar-refractivity contribution >= 4 is 5.97 Å². The third-order valence-corrected chi connectivity index (χ3v) is 4.42. The second-order valence-corrected chi connectivity index (χ2v) is 6.42. The van der Waals surface area contributed by atoms with Crippen LogP contribution in [-0.2, 0) is 4.79 Å². The first-order valence-electron chi connectivity index (χ1n) is 7.84. The Kier molecular flexibility index (Phi) is 5.22. The fourth-order valence-electron chi connectivity index (χ4n) is 2.92. The minimum absolute atomic E-state index is 0.447. The zero-order chi connectivity index (χ0) is 13.7. The lowest BCUT2D eigenvalue weighted by Gasteiger charge is -2.28. The number of piperidine rings is 1. The third kappa shape index (κ3) is 4.77. The molecule has 0 aromatic rings. The molecule has 1 saturated carbocycles. The summed E-state index contributed by atoms with van der Waals surface area (Å²) in [6.07, 6.45) is 9.17. The van der Waals surface area contributed by atoms with E-state index in [1.54, 1.807) is 0 Å². The first-order valence-corrected chi connectivity index (χ1v) is 7.84. The summed E-state index contributed by atoms with van der Waals surface area (Å²) in [7, 11) is 0. The molecule has 2 fully saturated rings. The van der Waals surface area contributed by atoms with Crippen LogP contribution in [0.2, 0.25) is 0 Å². The number of hydrogen-bond donors (Lipinski definition) is 2. The van der Waals surface area contributed by atoms with E-state index < -0.39 is 11.5 Å². The van der Waals surface area contributed by atoms with Crippen molar-refractivity contribution in [2.45, 2.75) is 69.9 Å². The largest absolute Gasteiger partial charge is 0.480 e. The number of likely N-dealkylation sites (tertiary alicyclic amines) is 1. The monoisotopic (exact) mass is 268 g/mol. The number of nitrogens with zero attached hydrogens (tertiary/aromatic N) is 1. The summed E-state index contributed by atoms with van der Waals surface area (Å²) < 4.78 is 0. The summed E-state index contributed by atoms with van der Waals surface area (Å²) in [5, 5.41) is 12.7. The van der Waals surface area contributed by atoms with Crippen molar-refractivity contribution < 1.29 is 9.90 Å². The van der Waals surface area contributed by atoms with Gasteiger partial charge in [0.2, 0.25) is 0 Å². The van der Waals surface area contributed by atoms with Gasteiger partial charge in [0.05, 0.1) is 0 Å². The van der Waals surface area contributed by atoms with Gasteiger partial charge in [-0.3, -0.25) is 10.1 Å². The molecule has 1 atom stereocenters. The Morgan fingerprint density at radius 2 is 1.95 bits per heavy atom. The fraction of sp³-hybridized carbons (Fsp3) is 0.933. The molecule has 0 spiro atoms. The molecular weight excluding hydrogens is 240 g/mol. The van der Waals surface area contributed by atoms with Gasteiger partial charge in [-0.05, 0) is 71.5 Å². The van der Waals surface area contributed by atoms with E-state index in [0.29, 0.717) is 6.04 Å². The van der Waals surface area contributed by atoms with Crippen molar-refractivity contribution in [2.75, 3.05) is 19.6 Å². The molecule has 2 N–H and O–H groups in total. The van der Waals surface area contributed by atoms with Gasteiger partial charge in [-0.25, -0.2) is 0 Å². The lowest BCUT2D eigenvalue weighted by atomic mass is 9.94. The highest BCUT2D eigenvalue weighted by molar-refractivity contribution is 5.78. The Morgan fingerprint density at radius 1 is 1.26 bits per heavy atom. The predicted molar refractivity (Wildman–Crippen MR) is 76.3 cm³/mol. The van der Waals surface area contributed by atoms with E-state index in [-0.39, 0.29) is 0 Å². The van der Waals surface area contributed by atoms with Gasteiger partial charge in [0.25, 0.3) is 0 Å². The molecule has 0 aromatic carbocycles. The third-order valence-electron chi connectivity index (χ3n) is 4.42. The minimum atomic E-state index is -0.719. The van der Waals surface area contributed by atoms with Crippen LogP contribution in [0.4, 0.5) is 0 Å². The first-order chi connectivity index (χ1) is 9.10. The zero-order valence-electron chi connectivity index (χ0n) is 12.2. The Bertz CT molecular complexity index is 299. The van der Waals surface area contributed by atoms with Gasteiger partial charge >= 0.3 is 5.97 Å². The SMILES string of the molecule is CC(CCCCN1CCCCC1)(NC1CC1)C(=O)O. The molecule has 1 heterocycles. The van der Waals surface area contributed by atoms with Gasteiger partial charge in [0, 0.05) is 6.04 Å². The van der Waals surface area contributed by atoms with Crippen molar-refractivity contribution in [2.24, 2.45) is 0 Å². The average molecular weight is 268 g/mol. The number of carboxylic acid groups (broad SMARTS) is 1. The highest BCUT2D eigenvalue weighted by Crippen LogP contribution is 2.25. The number of aliphatic carboxylic acids is 1. The average Bonchev–Trinajstić information content (AvgIpc) is 3.19. The first kappa shape index (κ1) is 14.8. The Morgan fingerprint density at radius 3 is 2.53 bits per heavy atom. The number of carbonyl (C=O) groups is 1. The second kappa shape index (κ2) is 6.71. The van der Waals surface area contributed by atoms with Gasteiger partial charge in [0.15, 0.2) is 0 Å². The standard InChI is InChI=1S/C15H28N2O2/c1-15(14(18)19,16-13-7-8-13)9-3-6-12-17-10-4-2-5-11-17/h13,16H,2-12H2,1H3,(H,18,19). The molecule has 1 aliphatic heterocycles. The molecule has 1 unspecified atom stereocenters. The Balaban J connectivity index is 1.65. The molecule has 4 heteroatoms. The maximum Gasteiger partial charge on any atom is 0.323 e. The fourth-order valence-corrected chi connectivity index (χ4v) is 2.92. The predicted octanol–water partition coefficient (Wildman–Crippen LogP) is 2.24. The molecule has 1 aliphatic carbocycles. The summed E-state index contributed by atoms with van der Waals surface area (Å²) in [5.41, 5.74) is -0.719. The van der Waals surface area contributed by atoms with E-state index in [1.807, 2.05) is 6.92 Å². The zero-order valence-corrected chi connectivity index (χ0v) is 12.2. The molecule has 0 aromatic heterocycles. The van der Waals surface area contributed by atoms with Crippen LogP contribution in [0.15, 0.2) is 0 Å². The molecule has 4 nitrogen and oxygen atoms in total. The summed E-state index contributed by atoms with van der Waals surface area (Å²) in [6, 6.07) is 0.447. The van der Waals surface area contributed by atoms with Gasteiger partial charge in [-0.1, -0.05) is 6.42 Å². The highest BCUT2D eigenvalue weighted by atomic mass is 16.4. The summed E-state index contributed by atoms with van der Waals surface area (Å²) in [4.78, 5) is 13.9. The van der Waals surface area contributed by atoms with Gasteiger partial charge < -0.3 is 10.0 Å². The van der Waals surface area contributed by atoms with E-state index in [4.69, 9.17) is 0 Å². The van der Waals surface area contributed by atoms with Crippen molar-refractivity contribution in [3.8, 4) is 0 Å². The van der Waals surface area contributed by atoms with Crippen molar-refractivity contribution in [1.82, 2.24) is 10.2 Å². The number of unbranched alkanes of at least 4 members (excludes halogenated alkanes) is 1. The van der Waals surface area contributed by atoms with Crippen LogP contribution >= 0.6 is 0 Å². The van der Waals surface area contributed by atoms with E-state index in [2.05, 4.69) is 10.2 Å². The summed E-state index contributed by atoms with van der Waals surface area (Å²) >= 11 is 0. The van der Waals surface area contributed by atoms with Crippen molar-refractivity contribution in [3.63, 3.8) is 0 Å². The Labute approximate surface area is 116 Å². The smallest absolute Gasteiger partial charge is 0.323 e. The molecule has 19 heavy (non-hydrogen) atoms. The molecule has 2 rings (SSSR count). The van der Waals surface area contributed by atoms with Crippen LogP contribution in [0, 0.1) is 0 Å². The van der Waals surface area contributed by atoms with Gasteiger partial charge in [0.1, 0.15) is 5.54 Å². The summed E-state index contributed by atoms with van der Waals surface area (Å²) in [6.45, 7) is 5.45. The lowest BCUT2D eigenvalue weighted by Crippen LogP contribution is -2.50. The van der Waals surface area contributed by atoms with Crippen molar-refractivity contribution in [3.05, 3.63) is 0 Å². The maximum atomic E-state index is 11.4. The maximum absolute atomic E-state index is 11.4. The lowest BCUT2D eigenvalue weighted by molar-refractivity contribution is -0.144. The topological polar surface area (TPSA) is 52.6 Å².